The van der Waals surface area contributed by atoms with Crippen molar-refractivity contribution in [2.45, 2.75) is 19.9 Å². The second-order valence-corrected chi connectivity index (χ2v) is 4.63. The second-order valence-electron chi connectivity index (χ2n) is 4.63. The zero-order chi connectivity index (χ0) is 14.4. The van der Waals surface area contributed by atoms with E-state index in [0.29, 0.717) is 0 Å². The molecule has 0 aliphatic carbocycles. The van der Waals surface area contributed by atoms with Crippen LogP contribution in [0.15, 0.2) is 46.2 Å². The van der Waals surface area contributed by atoms with E-state index in [1.165, 1.54) is 5.56 Å². The van der Waals surface area contributed by atoms with E-state index in [1.807, 2.05) is 37.3 Å². The first kappa shape index (κ1) is 14.1. The largest absolute Gasteiger partial charge is 0.469 e. The van der Waals surface area contributed by atoms with Crippen molar-refractivity contribution in [1.29, 1.82) is 0 Å². The molecule has 0 spiro atoms. The number of furan rings is 1. The van der Waals surface area contributed by atoms with E-state index in [4.69, 9.17) is 15.4 Å². The van der Waals surface area contributed by atoms with Gasteiger partial charge in [0.2, 0.25) is 0 Å². The molecule has 0 aliphatic heterocycles. The maximum atomic E-state index is 8.65. The first-order valence-electron chi connectivity index (χ1n) is 6.51. The Kier molecular flexibility index (Phi) is 4.79. The van der Waals surface area contributed by atoms with Crippen molar-refractivity contribution in [3.05, 3.63) is 59.0 Å². The molecule has 4 N–H and O–H groups in total. The van der Waals surface area contributed by atoms with E-state index in [0.717, 1.165) is 36.4 Å². The Morgan fingerprint density at radius 2 is 2.25 bits per heavy atom. The lowest BCUT2D eigenvalue weighted by atomic mass is 10.0. The van der Waals surface area contributed by atoms with Gasteiger partial charge >= 0.3 is 0 Å². The van der Waals surface area contributed by atoms with Gasteiger partial charge in [0.15, 0.2) is 5.84 Å². The molecular formula is C15H19N3O2. The number of nitrogens with two attached hydrogens (primary N) is 1. The normalized spacial score (nSPS) is 11.8. The Balaban J connectivity index is 1.87. The number of nitrogens with one attached hydrogen (secondary N) is 1. The van der Waals surface area contributed by atoms with Crippen LogP contribution in [0, 0.1) is 6.92 Å². The highest BCUT2D eigenvalue weighted by molar-refractivity contribution is 5.97. The molecule has 0 atom stereocenters. The number of hydrogen-bond donors (Lipinski definition) is 3. The standard InChI is InChI=1S/C15H19N3O2/c1-11-9-12(15(16)18-19)4-5-13(11)10-17-7-6-14-3-2-8-20-14/h2-5,8-9,17,19H,6-7,10H2,1H3,(H2,16,18). The fourth-order valence-corrected chi connectivity index (χ4v) is 2.00. The van der Waals surface area contributed by atoms with E-state index in [2.05, 4.69) is 10.5 Å². The third-order valence-electron chi connectivity index (χ3n) is 3.19. The van der Waals surface area contributed by atoms with Crippen LogP contribution in [0.4, 0.5) is 0 Å². The van der Waals surface area contributed by atoms with Gasteiger partial charge in [-0.2, -0.15) is 0 Å². The maximum absolute atomic E-state index is 8.65. The highest BCUT2D eigenvalue weighted by Gasteiger charge is 2.03. The smallest absolute Gasteiger partial charge is 0.170 e. The molecule has 2 rings (SSSR count). The van der Waals surface area contributed by atoms with Gasteiger partial charge in [0.05, 0.1) is 6.26 Å². The van der Waals surface area contributed by atoms with Crippen LogP contribution >= 0.6 is 0 Å². The third-order valence-corrected chi connectivity index (χ3v) is 3.19. The molecular weight excluding hydrogens is 254 g/mol. The molecule has 0 saturated carbocycles. The molecule has 1 aromatic heterocycles. The lowest BCUT2D eigenvalue weighted by Crippen LogP contribution is -2.18. The van der Waals surface area contributed by atoms with Crippen molar-refractivity contribution in [1.82, 2.24) is 5.32 Å². The number of rotatable bonds is 6. The average molecular weight is 273 g/mol. The monoisotopic (exact) mass is 273 g/mol. The van der Waals surface area contributed by atoms with Crippen molar-refractivity contribution >= 4 is 5.84 Å². The molecule has 1 aromatic carbocycles. The Morgan fingerprint density at radius 1 is 1.40 bits per heavy atom. The zero-order valence-electron chi connectivity index (χ0n) is 11.5. The predicted molar refractivity (Wildman–Crippen MR) is 77.8 cm³/mol. The summed E-state index contributed by atoms with van der Waals surface area (Å²) in [5, 5.41) is 15.0. The van der Waals surface area contributed by atoms with Crippen molar-refractivity contribution in [2.24, 2.45) is 10.9 Å². The van der Waals surface area contributed by atoms with E-state index in [-0.39, 0.29) is 5.84 Å². The van der Waals surface area contributed by atoms with Crippen LogP contribution < -0.4 is 11.1 Å². The van der Waals surface area contributed by atoms with Crippen LogP contribution in [-0.4, -0.2) is 17.6 Å². The number of benzene rings is 1. The minimum atomic E-state index is 0.130. The molecule has 0 amide bonds. The van der Waals surface area contributed by atoms with Gasteiger partial charge in [-0.3, -0.25) is 0 Å². The molecule has 0 aliphatic rings. The fourth-order valence-electron chi connectivity index (χ4n) is 2.00. The summed E-state index contributed by atoms with van der Waals surface area (Å²) in [5.74, 6) is 1.11. The molecule has 2 aromatic rings. The van der Waals surface area contributed by atoms with E-state index in [9.17, 15) is 0 Å². The molecule has 1 heterocycles. The Labute approximate surface area is 118 Å². The highest BCUT2D eigenvalue weighted by Crippen LogP contribution is 2.11. The molecule has 0 unspecified atom stereocenters. The molecule has 106 valence electrons. The molecule has 5 heteroatoms. The maximum Gasteiger partial charge on any atom is 0.170 e. The van der Waals surface area contributed by atoms with Crippen molar-refractivity contribution in [3.63, 3.8) is 0 Å². The van der Waals surface area contributed by atoms with Crippen LogP contribution in [0.25, 0.3) is 0 Å². The summed E-state index contributed by atoms with van der Waals surface area (Å²) in [6.07, 6.45) is 2.56. The van der Waals surface area contributed by atoms with Crippen molar-refractivity contribution in [2.75, 3.05) is 6.54 Å². The van der Waals surface area contributed by atoms with Gasteiger partial charge in [-0.1, -0.05) is 17.3 Å². The molecule has 0 radical (unpaired) electrons. The topological polar surface area (TPSA) is 83.8 Å². The van der Waals surface area contributed by atoms with Gasteiger partial charge in [0, 0.05) is 25.1 Å². The van der Waals surface area contributed by atoms with Gasteiger partial charge in [-0.15, -0.1) is 0 Å². The van der Waals surface area contributed by atoms with E-state index in [1.54, 1.807) is 6.26 Å². The Hall–Kier alpha value is -2.27. The summed E-state index contributed by atoms with van der Waals surface area (Å²) in [4.78, 5) is 0. The number of hydrogen-bond acceptors (Lipinski definition) is 4. The van der Waals surface area contributed by atoms with Crippen LogP contribution in [0.2, 0.25) is 0 Å². The van der Waals surface area contributed by atoms with Crippen LogP contribution in [0.5, 0.6) is 0 Å². The lowest BCUT2D eigenvalue weighted by molar-refractivity contribution is 0.318. The summed E-state index contributed by atoms with van der Waals surface area (Å²) in [6.45, 7) is 3.65. The third kappa shape index (κ3) is 3.61. The van der Waals surface area contributed by atoms with Gasteiger partial charge in [-0.05, 0) is 36.2 Å². The minimum Gasteiger partial charge on any atom is -0.469 e. The molecule has 0 bridgehead atoms. The van der Waals surface area contributed by atoms with Crippen LogP contribution in [0.3, 0.4) is 0 Å². The van der Waals surface area contributed by atoms with Gasteiger partial charge in [0.1, 0.15) is 5.76 Å². The van der Waals surface area contributed by atoms with E-state index >= 15 is 0 Å². The van der Waals surface area contributed by atoms with Gasteiger partial charge in [0.25, 0.3) is 0 Å². The summed E-state index contributed by atoms with van der Waals surface area (Å²) in [5.41, 5.74) is 8.59. The summed E-state index contributed by atoms with van der Waals surface area (Å²) >= 11 is 0. The first-order chi connectivity index (χ1) is 9.70. The van der Waals surface area contributed by atoms with Gasteiger partial charge < -0.3 is 20.7 Å². The molecule has 20 heavy (non-hydrogen) atoms. The summed E-state index contributed by atoms with van der Waals surface area (Å²) < 4.78 is 5.27. The molecule has 5 nitrogen and oxygen atoms in total. The zero-order valence-corrected chi connectivity index (χ0v) is 11.5. The lowest BCUT2D eigenvalue weighted by Gasteiger charge is -2.09. The predicted octanol–water partition coefficient (Wildman–Crippen LogP) is 2.01. The highest BCUT2D eigenvalue weighted by atomic mass is 16.4. The van der Waals surface area contributed by atoms with E-state index < -0.39 is 0 Å². The summed E-state index contributed by atoms with van der Waals surface area (Å²) in [7, 11) is 0. The minimum absolute atomic E-state index is 0.130. The van der Waals surface area contributed by atoms with Crippen LogP contribution in [-0.2, 0) is 13.0 Å². The quantitative estimate of drug-likeness (QED) is 0.247. The fraction of sp³-hybridized carbons (Fsp3) is 0.267. The number of nitrogens with zero attached hydrogens (tertiary/aromatic N) is 1. The molecule has 0 fully saturated rings. The number of amidine groups is 1. The molecule has 0 saturated heterocycles. The number of aryl methyl sites for hydroxylation is 1. The first-order valence-corrected chi connectivity index (χ1v) is 6.51. The Bertz CT molecular complexity index is 577. The SMILES string of the molecule is Cc1cc(/C(N)=N/O)ccc1CNCCc1ccco1. The van der Waals surface area contributed by atoms with Gasteiger partial charge in [-0.25, -0.2) is 0 Å². The number of oxime groups is 1. The second kappa shape index (κ2) is 6.77. The van der Waals surface area contributed by atoms with Crippen LogP contribution in [0.1, 0.15) is 22.5 Å². The average Bonchev–Trinajstić information content (AvgIpc) is 2.97. The summed E-state index contributed by atoms with van der Waals surface area (Å²) in [6, 6.07) is 9.62. The van der Waals surface area contributed by atoms with Crippen molar-refractivity contribution < 1.29 is 9.62 Å². The van der Waals surface area contributed by atoms with Crippen molar-refractivity contribution in [3.8, 4) is 0 Å². The Morgan fingerprint density at radius 3 is 2.90 bits per heavy atom.